The summed E-state index contributed by atoms with van der Waals surface area (Å²) in [6.45, 7) is 5.87. The van der Waals surface area contributed by atoms with Gasteiger partial charge in [-0.3, -0.25) is 9.52 Å². The number of methoxy groups -OCH3 is 1. The summed E-state index contributed by atoms with van der Waals surface area (Å²) >= 11 is 6.12. The van der Waals surface area contributed by atoms with E-state index in [1.54, 1.807) is 12.1 Å². The van der Waals surface area contributed by atoms with Crippen molar-refractivity contribution in [3.05, 3.63) is 58.4 Å². The van der Waals surface area contributed by atoms with Gasteiger partial charge in [-0.1, -0.05) is 32.4 Å². The molecule has 0 saturated heterocycles. The fourth-order valence-electron chi connectivity index (χ4n) is 2.81. The summed E-state index contributed by atoms with van der Waals surface area (Å²) in [7, 11) is -2.23. The third kappa shape index (κ3) is 7.13. The number of rotatable bonds is 8. The Bertz CT molecular complexity index is 1200. The van der Waals surface area contributed by atoms with Crippen molar-refractivity contribution >= 4 is 45.1 Å². The molecule has 2 rings (SSSR count). The maximum atomic E-state index is 13.0. The first-order valence-electron chi connectivity index (χ1n) is 9.70. The molecule has 178 valence electrons. The molecule has 0 aromatic heterocycles. The Morgan fingerprint density at radius 1 is 1.18 bits per heavy atom. The van der Waals surface area contributed by atoms with Gasteiger partial charge in [0.25, 0.3) is 5.91 Å². The lowest BCUT2D eigenvalue weighted by Gasteiger charge is -2.24. The van der Waals surface area contributed by atoms with E-state index in [9.17, 15) is 13.2 Å². The zero-order valence-electron chi connectivity index (χ0n) is 18.9. The van der Waals surface area contributed by atoms with E-state index in [1.807, 2.05) is 20.8 Å². The summed E-state index contributed by atoms with van der Waals surface area (Å²) in [5, 5.41) is 10.0. The number of carbonyl (C=O) groups is 1. The third-order valence-electron chi connectivity index (χ3n) is 4.37. The highest BCUT2D eigenvalue weighted by Crippen LogP contribution is 2.39. The summed E-state index contributed by atoms with van der Waals surface area (Å²) in [5.74, 6) is -0.290. The van der Waals surface area contributed by atoms with Gasteiger partial charge in [0.05, 0.1) is 29.8 Å². The second-order valence-corrected chi connectivity index (χ2v) is 10.3. The van der Waals surface area contributed by atoms with Crippen LogP contribution in [-0.2, 0) is 15.4 Å². The number of allylic oxidation sites excluding steroid dienone is 1. The molecule has 0 aliphatic rings. The summed E-state index contributed by atoms with van der Waals surface area (Å²) < 4.78 is 37.0. The fourth-order valence-corrected chi connectivity index (χ4v) is 3.52. The van der Waals surface area contributed by atoms with E-state index < -0.39 is 15.9 Å². The molecule has 0 aliphatic heterocycles. The van der Waals surface area contributed by atoms with Crippen molar-refractivity contribution in [2.45, 2.75) is 26.2 Å². The van der Waals surface area contributed by atoms with Gasteiger partial charge in [-0.25, -0.2) is 8.42 Å². The molecule has 0 spiro atoms. The number of hydrogen-bond donors (Lipinski definition) is 4. The third-order valence-corrected chi connectivity index (χ3v) is 5.27. The molecule has 0 saturated carbocycles. The Morgan fingerprint density at radius 3 is 2.36 bits per heavy atom. The van der Waals surface area contributed by atoms with Crippen molar-refractivity contribution in [1.82, 2.24) is 0 Å². The summed E-state index contributed by atoms with van der Waals surface area (Å²) in [6.07, 6.45) is 3.21. The van der Waals surface area contributed by atoms with Crippen LogP contribution in [0.15, 0.2) is 42.3 Å². The normalized spacial score (nSPS) is 12.1. The number of ether oxygens (including phenoxy) is 2. The number of nitrogens with one attached hydrogen (secondary N) is 3. The van der Waals surface area contributed by atoms with Crippen LogP contribution in [0.4, 0.5) is 11.4 Å². The molecule has 5 N–H and O–H groups in total. The molecule has 0 bridgehead atoms. The predicted octanol–water partition coefficient (Wildman–Crippen LogP) is 4.10. The van der Waals surface area contributed by atoms with Gasteiger partial charge in [0.2, 0.25) is 10.0 Å². The molecule has 0 atom stereocenters. The van der Waals surface area contributed by atoms with Crippen LogP contribution in [0.5, 0.6) is 11.5 Å². The van der Waals surface area contributed by atoms with Crippen molar-refractivity contribution in [1.29, 1.82) is 5.41 Å². The molecule has 2 aromatic carbocycles. The first-order valence-corrected chi connectivity index (χ1v) is 12.0. The lowest BCUT2D eigenvalue weighted by Crippen LogP contribution is -2.18. The standard InChI is InChI=1S/C22H27ClN4O5S/c1-22(2,3)14-11-16(20(31-4)17(12-14)27-33(5,29)30)26-21(28)13-6-7-15(23)18(10-13)32-19(25)8-9-24/h6-12,24,27H,25H2,1-5H3,(H,26,28). The highest BCUT2D eigenvalue weighted by Gasteiger charge is 2.22. The van der Waals surface area contributed by atoms with Crippen LogP contribution in [0.3, 0.4) is 0 Å². The minimum absolute atomic E-state index is 0.0690. The van der Waals surface area contributed by atoms with Crippen LogP contribution in [0.2, 0.25) is 5.02 Å². The molecular weight excluding hydrogens is 468 g/mol. The molecule has 0 radical (unpaired) electrons. The Labute approximate surface area is 198 Å². The average molecular weight is 495 g/mol. The van der Waals surface area contributed by atoms with Crippen molar-refractivity contribution in [2.75, 3.05) is 23.4 Å². The average Bonchev–Trinajstić information content (AvgIpc) is 2.67. The zero-order valence-corrected chi connectivity index (χ0v) is 20.5. The summed E-state index contributed by atoms with van der Waals surface area (Å²) in [4.78, 5) is 13.0. The monoisotopic (exact) mass is 494 g/mol. The van der Waals surface area contributed by atoms with E-state index in [-0.39, 0.29) is 44.8 Å². The second kappa shape index (κ2) is 10.1. The minimum Gasteiger partial charge on any atom is -0.492 e. The predicted molar refractivity (Wildman–Crippen MR) is 131 cm³/mol. The number of halogens is 1. The van der Waals surface area contributed by atoms with E-state index in [2.05, 4.69) is 10.0 Å². The summed E-state index contributed by atoms with van der Waals surface area (Å²) in [5.41, 5.74) is 6.77. The van der Waals surface area contributed by atoms with Gasteiger partial charge in [-0.15, -0.1) is 0 Å². The first-order chi connectivity index (χ1) is 15.2. The van der Waals surface area contributed by atoms with E-state index in [1.165, 1.54) is 31.4 Å². The van der Waals surface area contributed by atoms with Crippen molar-refractivity contribution < 1.29 is 22.7 Å². The van der Waals surface area contributed by atoms with Gasteiger partial charge in [0.15, 0.2) is 11.6 Å². The minimum atomic E-state index is -3.60. The lowest BCUT2D eigenvalue weighted by atomic mass is 9.86. The van der Waals surface area contributed by atoms with Crippen LogP contribution >= 0.6 is 11.6 Å². The number of sulfonamides is 1. The van der Waals surface area contributed by atoms with Crippen molar-refractivity contribution in [3.8, 4) is 11.5 Å². The van der Waals surface area contributed by atoms with Gasteiger partial charge in [0.1, 0.15) is 5.75 Å². The molecule has 9 nitrogen and oxygen atoms in total. The lowest BCUT2D eigenvalue weighted by molar-refractivity contribution is 0.102. The second-order valence-electron chi connectivity index (χ2n) is 8.17. The van der Waals surface area contributed by atoms with Crippen LogP contribution in [0, 0.1) is 5.41 Å². The number of benzene rings is 2. The van der Waals surface area contributed by atoms with E-state index in [4.69, 9.17) is 32.2 Å². The Hall–Kier alpha value is -3.24. The van der Waals surface area contributed by atoms with Crippen molar-refractivity contribution in [2.24, 2.45) is 5.73 Å². The first kappa shape index (κ1) is 26.0. The van der Waals surface area contributed by atoms with E-state index >= 15 is 0 Å². The smallest absolute Gasteiger partial charge is 0.255 e. The topological polar surface area (TPSA) is 144 Å². The molecule has 2 aromatic rings. The van der Waals surface area contributed by atoms with E-state index in [0.29, 0.717) is 0 Å². The zero-order chi connectivity index (χ0) is 25.0. The van der Waals surface area contributed by atoms with Gasteiger partial charge >= 0.3 is 0 Å². The molecule has 33 heavy (non-hydrogen) atoms. The number of carbonyl (C=O) groups excluding carboxylic acids is 1. The molecule has 0 unspecified atom stereocenters. The van der Waals surface area contributed by atoms with Crippen LogP contribution < -0.4 is 25.2 Å². The van der Waals surface area contributed by atoms with Gasteiger partial charge in [-0.2, -0.15) is 0 Å². The van der Waals surface area contributed by atoms with Gasteiger partial charge < -0.3 is 25.9 Å². The maximum Gasteiger partial charge on any atom is 0.255 e. The number of amides is 1. The van der Waals surface area contributed by atoms with E-state index in [0.717, 1.165) is 18.0 Å². The molecule has 11 heteroatoms. The van der Waals surface area contributed by atoms with Gasteiger partial charge in [0, 0.05) is 17.9 Å². The highest BCUT2D eigenvalue weighted by atomic mass is 35.5. The largest absolute Gasteiger partial charge is 0.492 e. The van der Waals surface area contributed by atoms with Crippen LogP contribution in [0.1, 0.15) is 36.7 Å². The maximum absolute atomic E-state index is 13.0. The molecule has 0 fully saturated rings. The molecule has 0 heterocycles. The Morgan fingerprint density at radius 2 is 1.82 bits per heavy atom. The van der Waals surface area contributed by atoms with Crippen molar-refractivity contribution in [3.63, 3.8) is 0 Å². The highest BCUT2D eigenvalue weighted by molar-refractivity contribution is 7.92. The molecular formula is C22H27ClN4O5S. The Kier molecular flexibility index (Phi) is 7.99. The van der Waals surface area contributed by atoms with Crippen LogP contribution in [-0.4, -0.2) is 33.9 Å². The number of nitrogens with two attached hydrogens (primary N) is 1. The van der Waals surface area contributed by atoms with Gasteiger partial charge in [-0.05, 0) is 41.3 Å². The molecule has 0 aliphatic carbocycles. The quantitative estimate of drug-likeness (QED) is 0.321. The van der Waals surface area contributed by atoms with Crippen LogP contribution in [0.25, 0.3) is 0 Å². The SMILES string of the molecule is COc1c(NC(=O)c2ccc(Cl)c(OC(N)=CC=N)c2)cc(C(C)(C)C)cc1NS(C)(=O)=O. The number of hydrogen-bond acceptors (Lipinski definition) is 7. The molecule has 1 amide bonds. The number of anilines is 2. The Balaban J connectivity index is 2.51. The fraction of sp³-hybridized carbons (Fsp3) is 0.273. The summed E-state index contributed by atoms with van der Waals surface area (Å²) in [6, 6.07) is 7.77.